The summed E-state index contributed by atoms with van der Waals surface area (Å²) in [5.41, 5.74) is 2.43. The van der Waals surface area contributed by atoms with E-state index < -0.39 is 0 Å². The van der Waals surface area contributed by atoms with Crippen molar-refractivity contribution in [1.29, 1.82) is 0 Å². The Hall–Kier alpha value is -1.96. The first-order valence-electron chi connectivity index (χ1n) is 8.50. The second kappa shape index (κ2) is 7.54. The normalized spacial score (nSPS) is 11.5. The fraction of sp³-hybridized carbons (Fsp3) is 0.429. The van der Waals surface area contributed by atoms with Crippen LogP contribution in [0, 0.1) is 0 Å². The minimum absolute atomic E-state index is 0.0101. The van der Waals surface area contributed by atoms with Crippen LogP contribution in [-0.4, -0.2) is 5.11 Å². The smallest absolute Gasteiger partial charge is 0.169 e. The highest BCUT2D eigenvalue weighted by Gasteiger charge is 2.16. The molecule has 2 nitrogen and oxygen atoms in total. The monoisotopic (exact) mass is 312 g/mol. The van der Waals surface area contributed by atoms with Crippen molar-refractivity contribution in [3.05, 3.63) is 53.6 Å². The highest BCUT2D eigenvalue weighted by atomic mass is 16.5. The van der Waals surface area contributed by atoms with Crippen molar-refractivity contribution in [2.24, 2.45) is 0 Å². The van der Waals surface area contributed by atoms with Crippen LogP contribution in [0.3, 0.4) is 0 Å². The van der Waals surface area contributed by atoms with Crippen molar-refractivity contribution in [2.45, 2.75) is 58.8 Å². The summed E-state index contributed by atoms with van der Waals surface area (Å²) in [5, 5.41) is 10.2. The molecule has 0 saturated carbocycles. The number of benzene rings is 2. The van der Waals surface area contributed by atoms with E-state index in [-0.39, 0.29) is 11.2 Å². The SMILES string of the molecule is CCCCCc1ccc(Oc2ccc(C(C)(C)C)cc2O)cc1. The molecular weight excluding hydrogens is 284 g/mol. The summed E-state index contributed by atoms with van der Waals surface area (Å²) in [6.07, 6.45) is 4.85. The van der Waals surface area contributed by atoms with E-state index in [9.17, 15) is 5.11 Å². The van der Waals surface area contributed by atoms with Gasteiger partial charge in [-0.1, -0.05) is 58.7 Å². The molecule has 0 unspecified atom stereocenters. The standard InChI is InChI=1S/C21H28O2/c1-5-6-7-8-16-9-12-18(13-10-16)23-20-14-11-17(15-19(20)22)21(2,3)4/h9-15,22H,5-8H2,1-4H3. The van der Waals surface area contributed by atoms with Crippen molar-refractivity contribution in [3.63, 3.8) is 0 Å². The molecule has 0 amide bonds. The van der Waals surface area contributed by atoms with Crippen molar-refractivity contribution in [2.75, 3.05) is 0 Å². The van der Waals surface area contributed by atoms with Gasteiger partial charge in [-0.3, -0.25) is 0 Å². The molecule has 0 spiro atoms. The summed E-state index contributed by atoms with van der Waals surface area (Å²) in [6.45, 7) is 8.59. The molecular formula is C21H28O2. The lowest BCUT2D eigenvalue weighted by molar-refractivity contribution is 0.409. The maximum Gasteiger partial charge on any atom is 0.169 e. The Balaban J connectivity index is 2.04. The predicted octanol–water partition coefficient (Wildman–Crippen LogP) is 6.21. The third-order valence-electron chi connectivity index (χ3n) is 4.05. The first-order valence-corrected chi connectivity index (χ1v) is 8.50. The third kappa shape index (κ3) is 5.02. The highest BCUT2D eigenvalue weighted by Crippen LogP contribution is 2.35. The van der Waals surface area contributed by atoms with E-state index in [1.165, 1.54) is 24.8 Å². The minimum atomic E-state index is 0.0101. The fourth-order valence-electron chi connectivity index (χ4n) is 2.50. The molecule has 2 heteroatoms. The van der Waals surface area contributed by atoms with E-state index in [0.29, 0.717) is 5.75 Å². The van der Waals surface area contributed by atoms with Gasteiger partial charge in [-0.2, -0.15) is 0 Å². The predicted molar refractivity (Wildman–Crippen MR) is 96.6 cm³/mol. The van der Waals surface area contributed by atoms with E-state index >= 15 is 0 Å². The van der Waals surface area contributed by atoms with Crippen molar-refractivity contribution >= 4 is 0 Å². The maximum atomic E-state index is 10.2. The second-order valence-corrected chi connectivity index (χ2v) is 7.14. The summed E-state index contributed by atoms with van der Waals surface area (Å²) in [4.78, 5) is 0. The molecule has 0 heterocycles. The third-order valence-corrected chi connectivity index (χ3v) is 4.05. The van der Waals surface area contributed by atoms with E-state index in [2.05, 4.69) is 39.8 Å². The second-order valence-electron chi connectivity index (χ2n) is 7.14. The van der Waals surface area contributed by atoms with Gasteiger partial charge >= 0.3 is 0 Å². The Labute approximate surface area is 140 Å². The van der Waals surface area contributed by atoms with Crippen LogP contribution in [0.15, 0.2) is 42.5 Å². The van der Waals surface area contributed by atoms with Gasteiger partial charge in [0.1, 0.15) is 5.75 Å². The van der Waals surface area contributed by atoms with Gasteiger partial charge in [-0.15, -0.1) is 0 Å². The summed E-state index contributed by atoms with van der Waals surface area (Å²) < 4.78 is 5.81. The van der Waals surface area contributed by atoms with Crippen molar-refractivity contribution < 1.29 is 9.84 Å². The number of hydrogen-bond donors (Lipinski definition) is 1. The van der Waals surface area contributed by atoms with Gasteiger partial charge in [-0.25, -0.2) is 0 Å². The largest absolute Gasteiger partial charge is 0.504 e. The first kappa shape index (κ1) is 17.4. The van der Waals surface area contributed by atoms with E-state index in [4.69, 9.17) is 4.74 Å². The van der Waals surface area contributed by atoms with Crippen LogP contribution >= 0.6 is 0 Å². The number of unbranched alkanes of at least 4 members (excludes halogenated alkanes) is 2. The Morgan fingerprint density at radius 2 is 1.65 bits per heavy atom. The molecule has 0 atom stereocenters. The number of phenols is 1. The van der Waals surface area contributed by atoms with Gasteiger partial charge in [0.25, 0.3) is 0 Å². The number of ether oxygens (including phenoxy) is 1. The zero-order valence-corrected chi connectivity index (χ0v) is 14.7. The molecule has 0 bridgehead atoms. The van der Waals surface area contributed by atoms with E-state index in [1.807, 2.05) is 24.3 Å². The Bertz CT molecular complexity index is 621. The number of rotatable bonds is 6. The van der Waals surface area contributed by atoms with Crippen LogP contribution in [-0.2, 0) is 11.8 Å². The summed E-state index contributed by atoms with van der Waals surface area (Å²) in [5.74, 6) is 1.43. The topological polar surface area (TPSA) is 29.5 Å². The number of phenolic OH excluding ortho intramolecular Hbond substituents is 1. The zero-order chi connectivity index (χ0) is 16.9. The zero-order valence-electron chi connectivity index (χ0n) is 14.7. The molecule has 0 aliphatic heterocycles. The van der Waals surface area contributed by atoms with Crippen LogP contribution in [0.1, 0.15) is 58.1 Å². The molecule has 0 aliphatic carbocycles. The molecule has 0 aliphatic rings. The maximum absolute atomic E-state index is 10.2. The van der Waals surface area contributed by atoms with Gasteiger partial charge in [0, 0.05) is 0 Å². The molecule has 2 rings (SSSR count). The van der Waals surface area contributed by atoms with Crippen LogP contribution in [0.4, 0.5) is 0 Å². The average molecular weight is 312 g/mol. The molecule has 23 heavy (non-hydrogen) atoms. The molecule has 124 valence electrons. The quantitative estimate of drug-likeness (QED) is 0.642. The van der Waals surface area contributed by atoms with Crippen LogP contribution in [0.25, 0.3) is 0 Å². The molecule has 2 aromatic carbocycles. The molecule has 0 saturated heterocycles. The minimum Gasteiger partial charge on any atom is -0.504 e. The Morgan fingerprint density at radius 3 is 2.22 bits per heavy atom. The molecule has 0 aromatic heterocycles. The van der Waals surface area contributed by atoms with Gasteiger partial charge in [0.2, 0.25) is 0 Å². The van der Waals surface area contributed by atoms with Gasteiger partial charge < -0.3 is 9.84 Å². The number of aryl methyl sites for hydroxylation is 1. The molecule has 0 radical (unpaired) electrons. The molecule has 0 fully saturated rings. The van der Waals surface area contributed by atoms with Crippen molar-refractivity contribution in [3.8, 4) is 17.2 Å². The van der Waals surface area contributed by atoms with Gasteiger partial charge in [-0.05, 0) is 53.6 Å². The van der Waals surface area contributed by atoms with Crippen molar-refractivity contribution in [1.82, 2.24) is 0 Å². The summed E-state index contributed by atoms with van der Waals surface area (Å²) >= 11 is 0. The van der Waals surface area contributed by atoms with E-state index in [1.54, 1.807) is 6.07 Å². The Kier molecular flexibility index (Phi) is 5.70. The number of hydrogen-bond acceptors (Lipinski definition) is 2. The van der Waals surface area contributed by atoms with Gasteiger partial charge in [0.05, 0.1) is 0 Å². The molecule has 2 aromatic rings. The fourth-order valence-corrected chi connectivity index (χ4v) is 2.50. The lowest BCUT2D eigenvalue weighted by Crippen LogP contribution is -2.10. The number of aromatic hydroxyl groups is 1. The lowest BCUT2D eigenvalue weighted by Gasteiger charge is -2.20. The average Bonchev–Trinajstić information content (AvgIpc) is 2.50. The van der Waals surface area contributed by atoms with E-state index in [0.717, 1.165) is 17.7 Å². The highest BCUT2D eigenvalue weighted by molar-refractivity contribution is 5.46. The van der Waals surface area contributed by atoms with Crippen LogP contribution < -0.4 is 4.74 Å². The van der Waals surface area contributed by atoms with Crippen LogP contribution in [0.2, 0.25) is 0 Å². The Morgan fingerprint density at radius 1 is 0.957 bits per heavy atom. The van der Waals surface area contributed by atoms with Crippen LogP contribution in [0.5, 0.6) is 17.2 Å². The lowest BCUT2D eigenvalue weighted by atomic mass is 9.87. The molecule has 1 N–H and O–H groups in total. The summed E-state index contributed by atoms with van der Waals surface area (Å²) in [7, 11) is 0. The van der Waals surface area contributed by atoms with Gasteiger partial charge in [0.15, 0.2) is 11.5 Å². The first-order chi connectivity index (χ1) is 10.9. The summed E-state index contributed by atoms with van der Waals surface area (Å²) in [6, 6.07) is 13.8.